The van der Waals surface area contributed by atoms with E-state index in [1.807, 2.05) is 41.3 Å². The molecular weight excluding hydrogens is 304 g/mol. The summed E-state index contributed by atoms with van der Waals surface area (Å²) in [6.45, 7) is 0.442. The molecule has 24 heavy (non-hydrogen) atoms. The first-order valence-corrected chi connectivity index (χ1v) is 7.69. The molecule has 0 spiro atoms. The van der Waals surface area contributed by atoms with E-state index in [1.165, 1.54) is 0 Å². The van der Waals surface area contributed by atoms with E-state index in [0.717, 1.165) is 27.5 Å². The van der Waals surface area contributed by atoms with Crippen molar-refractivity contribution in [2.75, 3.05) is 18.1 Å². The fourth-order valence-corrected chi connectivity index (χ4v) is 2.99. The predicted octanol–water partition coefficient (Wildman–Crippen LogP) is 3.82. The van der Waals surface area contributed by atoms with Crippen molar-refractivity contribution in [2.45, 2.75) is 0 Å². The molecule has 2 aromatic heterocycles. The van der Waals surface area contributed by atoms with Crippen LogP contribution in [0.4, 0.5) is 11.4 Å². The molecule has 0 fully saturated rings. The lowest BCUT2D eigenvalue weighted by atomic mass is 10.1. The van der Waals surface area contributed by atoms with Gasteiger partial charge in [-0.1, -0.05) is 12.1 Å². The lowest BCUT2D eigenvalue weighted by molar-refractivity contribution is 0.305. The van der Waals surface area contributed by atoms with Crippen LogP contribution >= 0.6 is 0 Å². The molecule has 0 saturated heterocycles. The number of fused-ring (bicyclic) bond motifs is 2. The van der Waals surface area contributed by atoms with Crippen molar-refractivity contribution in [3.63, 3.8) is 0 Å². The topological polar surface area (TPSA) is 69.7 Å². The Kier molecular flexibility index (Phi) is 3.55. The van der Waals surface area contributed by atoms with Gasteiger partial charge in [0.05, 0.1) is 18.5 Å². The van der Waals surface area contributed by atoms with Crippen molar-refractivity contribution in [1.29, 1.82) is 0 Å². The molecule has 0 atom stereocenters. The summed E-state index contributed by atoms with van der Waals surface area (Å²) in [5, 5.41) is 22.1. The molecule has 120 valence electrons. The average molecular weight is 320 g/mol. The van der Waals surface area contributed by atoms with Crippen LogP contribution in [-0.4, -0.2) is 28.3 Å². The van der Waals surface area contributed by atoms with Crippen molar-refractivity contribution >= 4 is 33.1 Å². The number of anilines is 2. The summed E-state index contributed by atoms with van der Waals surface area (Å²) < 4.78 is 5.58. The van der Waals surface area contributed by atoms with E-state index in [9.17, 15) is 10.2 Å². The lowest BCUT2D eigenvalue weighted by Crippen LogP contribution is -2.20. The number of nitrogens with zero attached hydrogens (tertiary/aromatic N) is 2. The van der Waals surface area contributed by atoms with Crippen LogP contribution in [0, 0.1) is 0 Å². The van der Waals surface area contributed by atoms with Gasteiger partial charge in [-0.05, 0) is 35.7 Å². The lowest BCUT2D eigenvalue weighted by Gasteiger charge is -2.23. The Morgan fingerprint density at radius 1 is 1.08 bits per heavy atom. The zero-order valence-electron chi connectivity index (χ0n) is 12.9. The Morgan fingerprint density at radius 2 is 2.00 bits per heavy atom. The van der Waals surface area contributed by atoms with Crippen molar-refractivity contribution in [1.82, 2.24) is 4.98 Å². The highest BCUT2D eigenvalue weighted by Crippen LogP contribution is 2.35. The van der Waals surface area contributed by atoms with Crippen molar-refractivity contribution in [3.05, 3.63) is 61.1 Å². The van der Waals surface area contributed by atoms with Crippen LogP contribution < -0.4 is 4.90 Å². The van der Waals surface area contributed by atoms with Gasteiger partial charge in [0.2, 0.25) is 0 Å². The number of aromatic nitrogens is 1. The minimum absolute atomic E-state index is 0.00976. The van der Waals surface area contributed by atoms with Crippen LogP contribution in [0.2, 0.25) is 0 Å². The van der Waals surface area contributed by atoms with Gasteiger partial charge in [-0.3, -0.25) is 4.98 Å². The first-order chi connectivity index (χ1) is 11.8. The maximum absolute atomic E-state index is 9.95. The predicted molar refractivity (Wildman–Crippen MR) is 93.7 cm³/mol. The Hall–Kier alpha value is -3.05. The number of pyridine rings is 1. The number of aromatic hydroxyl groups is 1. The van der Waals surface area contributed by atoms with Crippen LogP contribution in [0.25, 0.3) is 21.7 Å². The highest BCUT2D eigenvalue weighted by Gasteiger charge is 2.16. The molecule has 4 aromatic rings. The third kappa shape index (κ3) is 2.35. The highest BCUT2D eigenvalue weighted by atomic mass is 16.3. The van der Waals surface area contributed by atoms with E-state index in [1.54, 1.807) is 24.7 Å². The second kappa shape index (κ2) is 5.86. The van der Waals surface area contributed by atoms with E-state index in [-0.39, 0.29) is 12.4 Å². The van der Waals surface area contributed by atoms with Crippen LogP contribution in [0.5, 0.6) is 5.75 Å². The van der Waals surface area contributed by atoms with Crippen LogP contribution in [0.3, 0.4) is 0 Å². The molecule has 5 heteroatoms. The summed E-state index contributed by atoms with van der Waals surface area (Å²) in [6, 6.07) is 13.1. The normalized spacial score (nSPS) is 11.2. The number of hydrogen-bond donors (Lipinski definition) is 2. The minimum Gasteiger partial charge on any atom is -0.507 e. The summed E-state index contributed by atoms with van der Waals surface area (Å²) >= 11 is 0. The summed E-state index contributed by atoms with van der Waals surface area (Å²) in [6.07, 6.45) is 5.07. The quantitative estimate of drug-likeness (QED) is 0.598. The summed E-state index contributed by atoms with van der Waals surface area (Å²) in [4.78, 5) is 6.06. The Morgan fingerprint density at radius 3 is 2.88 bits per heavy atom. The molecule has 2 aromatic carbocycles. The third-order valence-electron chi connectivity index (χ3n) is 4.13. The number of aliphatic hydroxyl groups is 1. The van der Waals surface area contributed by atoms with Gasteiger partial charge in [-0.25, -0.2) is 0 Å². The molecule has 0 aliphatic carbocycles. The van der Waals surface area contributed by atoms with E-state index < -0.39 is 0 Å². The molecule has 4 rings (SSSR count). The smallest absolute Gasteiger partial charge is 0.154 e. The summed E-state index contributed by atoms with van der Waals surface area (Å²) in [7, 11) is 0. The van der Waals surface area contributed by atoms with Crippen LogP contribution in [-0.2, 0) is 0 Å². The first-order valence-electron chi connectivity index (χ1n) is 7.69. The Labute approximate surface area is 138 Å². The molecule has 2 N–H and O–H groups in total. The largest absolute Gasteiger partial charge is 0.507 e. The number of phenols is 1. The molecule has 0 bridgehead atoms. The number of hydrogen-bond acceptors (Lipinski definition) is 5. The van der Waals surface area contributed by atoms with Crippen LogP contribution in [0.1, 0.15) is 0 Å². The number of rotatable bonds is 4. The molecule has 0 amide bonds. The van der Waals surface area contributed by atoms with Gasteiger partial charge in [-0.2, -0.15) is 0 Å². The van der Waals surface area contributed by atoms with Crippen molar-refractivity contribution < 1.29 is 14.6 Å². The zero-order chi connectivity index (χ0) is 16.5. The number of phenolic OH excluding ortho intramolecular Hbond substituents is 1. The molecule has 5 nitrogen and oxygen atoms in total. The second-order valence-electron chi connectivity index (χ2n) is 5.55. The highest BCUT2D eigenvalue weighted by molar-refractivity contribution is 5.95. The Balaban J connectivity index is 1.86. The standard InChI is InChI=1S/C19H16N2O3/c22-9-8-21(17-12-24-19-11-20-7-6-16(17)19)14-4-5-15-13(10-14)2-1-3-18(15)23/h1-7,10-12,22-23H,8-9H2. The number of aliphatic hydroxyl groups excluding tert-OH is 1. The molecule has 0 aliphatic rings. The van der Waals surface area contributed by atoms with Crippen molar-refractivity contribution in [3.8, 4) is 5.75 Å². The number of furan rings is 1. The maximum atomic E-state index is 9.95. The second-order valence-corrected chi connectivity index (χ2v) is 5.55. The van der Waals surface area contributed by atoms with Crippen molar-refractivity contribution in [2.24, 2.45) is 0 Å². The van der Waals surface area contributed by atoms with Crippen LogP contribution in [0.15, 0.2) is 65.5 Å². The maximum Gasteiger partial charge on any atom is 0.154 e. The van der Waals surface area contributed by atoms with E-state index >= 15 is 0 Å². The Bertz CT molecular complexity index is 1010. The van der Waals surface area contributed by atoms with Gasteiger partial charge in [0.15, 0.2) is 5.58 Å². The van der Waals surface area contributed by atoms with Gasteiger partial charge in [0, 0.05) is 29.2 Å². The molecule has 2 heterocycles. The molecular formula is C19H16N2O3. The van der Waals surface area contributed by atoms with Gasteiger partial charge >= 0.3 is 0 Å². The van der Waals surface area contributed by atoms with E-state index in [2.05, 4.69) is 4.98 Å². The fraction of sp³-hybridized carbons (Fsp3) is 0.105. The third-order valence-corrected chi connectivity index (χ3v) is 4.13. The minimum atomic E-state index is 0.00976. The van der Waals surface area contributed by atoms with Gasteiger partial charge in [0.25, 0.3) is 0 Å². The monoisotopic (exact) mass is 320 g/mol. The summed E-state index contributed by atoms with van der Waals surface area (Å²) in [5.74, 6) is 0.257. The fourth-order valence-electron chi connectivity index (χ4n) is 2.99. The first kappa shape index (κ1) is 14.5. The number of benzene rings is 2. The average Bonchev–Trinajstić information content (AvgIpc) is 3.03. The molecule has 0 saturated carbocycles. The van der Waals surface area contributed by atoms with Gasteiger partial charge < -0.3 is 19.5 Å². The molecule has 0 unspecified atom stereocenters. The van der Waals surface area contributed by atoms with E-state index in [4.69, 9.17) is 4.42 Å². The SMILES string of the molecule is OCCN(c1ccc2c(O)cccc2c1)c1coc2cnccc12. The van der Waals surface area contributed by atoms with Gasteiger partial charge in [0.1, 0.15) is 12.0 Å². The van der Waals surface area contributed by atoms with E-state index in [0.29, 0.717) is 12.1 Å². The zero-order valence-corrected chi connectivity index (χ0v) is 12.9. The molecule has 0 aliphatic heterocycles. The van der Waals surface area contributed by atoms with Gasteiger partial charge in [-0.15, -0.1) is 0 Å². The summed E-state index contributed by atoms with van der Waals surface area (Å²) in [5.41, 5.74) is 2.50. The molecule has 0 radical (unpaired) electrons.